The molecule has 8 nitrogen and oxygen atoms in total. The number of carboxylic acids is 1. The van der Waals surface area contributed by atoms with Crippen LogP contribution >= 0.6 is 0 Å². The second-order valence-electron chi connectivity index (χ2n) is 7.61. The van der Waals surface area contributed by atoms with Gasteiger partial charge in [0.05, 0.1) is 12.5 Å². The number of anilines is 1. The maximum absolute atomic E-state index is 12.6. The summed E-state index contributed by atoms with van der Waals surface area (Å²) in [6, 6.07) is 15.5. The number of aromatic nitrogens is 1. The van der Waals surface area contributed by atoms with Crippen molar-refractivity contribution in [2.45, 2.75) is 25.8 Å². The molecule has 0 unspecified atom stereocenters. The summed E-state index contributed by atoms with van der Waals surface area (Å²) in [4.78, 5) is 36.3. The number of urea groups is 1. The van der Waals surface area contributed by atoms with Crippen LogP contribution in [0.15, 0.2) is 65.6 Å². The van der Waals surface area contributed by atoms with E-state index in [4.69, 9.17) is 0 Å². The molecule has 0 fully saturated rings. The van der Waals surface area contributed by atoms with Gasteiger partial charge in [-0.25, -0.2) is 4.79 Å². The van der Waals surface area contributed by atoms with E-state index in [1.165, 1.54) is 17.8 Å². The number of hydrogen-bond acceptors (Lipinski definition) is 4. The molecule has 0 bridgehead atoms. The van der Waals surface area contributed by atoms with E-state index in [0.717, 1.165) is 11.1 Å². The molecule has 1 aromatic heterocycles. The minimum absolute atomic E-state index is 0.267. The molecule has 0 aliphatic heterocycles. The van der Waals surface area contributed by atoms with Crippen LogP contribution < -0.4 is 16.2 Å². The summed E-state index contributed by atoms with van der Waals surface area (Å²) in [6.45, 7) is 1.60. The lowest BCUT2D eigenvalue weighted by Crippen LogP contribution is -2.36. The van der Waals surface area contributed by atoms with E-state index < -0.39 is 23.6 Å². The maximum atomic E-state index is 12.6. The Morgan fingerprint density at radius 1 is 1.06 bits per heavy atom. The zero-order valence-electron chi connectivity index (χ0n) is 17.8. The van der Waals surface area contributed by atoms with Gasteiger partial charge in [0.25, 0.3) is 5.56 Å². The number of aliphatic carboxylic acids is 1. The van der Waals surface area contributed by atoms with E-state index in [-0.39, 0.29) is 17.9 Å². The number of amides is 2. The van der Waals surface area contributed by atoms with E-state index in [1.54, 1.807) is 13.0 Å². The summed E-state index contributed by atoms with van der Waals surface area (Å²) < 4.78 is 1.24. The summed E-state index contributed by atoms with van der Waals surface area (Å²) in [5.74, 6) is -1.42. The first-order valence-electron chi connectivity index (χ1n) is 10.1. The van der Waals surface area contributed by atoms with Crippen molar-refractivity contribution >= 4 is 17.7 Å². The van der Waals surface area contributed by atoms with Gasteiger partial charge in [-0.05, 0) is 30.0 Å². The molecule has 8 heteroatoms. The molecular weight excluding hydrogens is 410 g/mol. The number of benzene rings is 2. The number of carbonyl (C=O) groups is 2. The van der Waals surface area contributed by atoms with Gasteiger partial charge in [0, 0.05) is 18.8 Å². The van der Waals surface area contributed by atoms with Gasteiger partial charge in [0.2, 0.25) is 0 Å². The highest BCUT2D eigenvalue weighted by atomic mass is 16.4. The van der Waals surface area contributed by atoms with E-state index in [2.05, 4.69) is 10.6 Å². The molecule has 166 valence electrons. The fourth-order valence-electron chi connectivity index (χ4n) is 3.48. The molecule has 3 rings (SSSR count). The van der Waals surface area contributed by atoms with Crippen molar-refractivity contribution in [2.24, 2.45) is 7.05 Å². The van der Waals surface area contributed by atoms with Crippen molar-refractivity contribution in [1.29, 1.82) is 0 Å². The van der Waals surface area contributed by atoms with Crippen molar-refractivity contribution in [1.82, 2.24) is 9.88 Å². The van der Waals surface area contributed by atoms with Crippen LogP contribution in [0.2, 0.25) is 0 Å². The molecule has 0 aliphatic rings. The largest absolute Gasteiger partial charge is 0.505 e. The maximum Gasteiger partial charge on any atom is 0.319 e. The molecule has 2 aromatic carbocycles. The normalized spacial score (nSPS) is 11.6. The second kappa shape index (κ2) is 9.82. The van der Waals surface area contributed by atoms with Crippen LogP contribution in [0.25, 0.3) is 0 Å². The number of nitrogens with one attached hydrogen (secondary N) is 2. The predicted octanol–water partition coefficient (Wildman–Crippen LogP) is 3.33. The van der Waals surface area contributed by atoms with Crippen molar-refractivity contribution in [3.8, 4) is 5.75 Å². The molecule has 2 amide bonds. The average Bonchev–Trinajstić information content (AvgIpc) is 2.75. The molecule has 0 saturated heterocycles. The molecule has 0 saturated carbocycles. The van der Waals surface area contributed by atoms with Crippen LogP contribution in [0.3, 0.4) is 0 Å². The number of hydrogen-bond donors (Lipinski definition) is 4. The first kappa shape index (κ1) is 22.6. The van der Waals surface area contributed by atoms with Crippen LogP contribution in [-0.2, 0) is 18.3 Å². The number of aryl methyl sites for hydroxylation is 2. The molecule has 1 atom stereocenters. The SMILES string of the molecule is Cc1cn(C)c(=O)c(NC(=O)N[C@@H](CC(=O)O)c2cccc(Cc3ccccc3)c2)c1O. The van der Waals surface area contributed by atoms with Crippen molar-refractivity contribution in [2.75, 3.05) is 5.32 Å². The van der Waals surface area contributed by atoms with Gasteiger partial charge in [-0.1, -0.05) is 54.6 Å². The first-order valence-corrected chi connectivity index (χ1v) is 10.1. The Morgan fingerprint density at radius 3 is 2.44 bits per heavy atom. The number of aromatic hydroxyl groups is 1. The number of nitrogens with zero attached hydrogens (tertiary/aromatic N) is 1. The Balaban J connectivity index is 1.82. The number of carbonyl (C=O) groups excluding carboxylic acids is 1. The highest BCUT2D eigenvalue weighted by Crippen LogP contribution is 2.24. The predicted molar refractivity (Wildman–Crippen MR) is 121 cm³/mol. The molecule has 4 N–H and O–H groups in total. The van der Waals surface area contributed by atoms with Gasteiger partial charge >= 0.3 is 12.0 Å². The van der Waals surface area contributed by atoms with Gasteiger partial charge in [0.15, 0.2) is 5.69 Å². The molecule has 32 heavy (non-hydrogen) atoms. The Hall–Kier alpha value is -4.07. The lowest BCUT2D eigenvalue weighted by Gasteiger charge is -2.19. The smallest absolute Gasteiger partial charge is 0.319 e. The van der Waals surface area contributed by atoms with E-state index in [9.17, 15) is 24.6 Å². The zero-order chi connectivity index (χ0) is 23.3. The quantitative estimate of drug-likeness (QED) is 0.454. The molecule has 0 aliphatic carbocycles. The third-order valence-electron chi connectivity index (χ3n) is 5.06. The highest BCUT2D eigenvalue weighted by Gasteiger charge is 2.21. The number of pyridine rings is 1. The number of carboxylic acid groups (broad SMARTS) is 1. The zero-order valence-corrected chi connectivity index (χ0v) is 17.8. The third-order valence-corrected chi connectivity index (χ3v) is 5.06. The Labute approximate surface area is 185 Å². The van der Waals surface area contributed by atoms with E-state index >= 15 is 0 Å². The first-order chi connectivity index (χ1) is 15.2. The van der Waals surface area contributed by atoms with Crippen LogP contribution in [0.4, 0.5) is 10.5 Å². The topological polar surface area (TPSA) is 121 Å². The molecule has 0 spiro atoms. The second-order valence-corrected chi connectivity index (χ2v) is 7.61. The standard InChI is InChI=1S/C24H25N3O5/c1-15-14-27(2)23(31)21(22(15)30)26-24(32)25-19(13-20(28)29)18-10-6-9-17(12-18)11-16-7-4-3-5-8-16/h3-10,12,14,19,30H,11,13H2,1-2H3,(H,28,29)(H2,25,26,32)/t19-/m0/s1. The van der Waals surface area contributed by atoms with Gasteiger partial charge in [-0.2, -0.15) is 0 Å². The minimum Gasteiger partial charge on any atom is -0.505 e. The Morgan fingerprint density at radius 2 is 1.75 bits per heavy atom. The summed E-state index contributed by atoms with van der Waals surface area (Å²) >= 11 is 0. The van der Waals surface area contributed by atoms with Crippen molar-refractivity contribution in [3.63, 3.8) is 0 Å². The van der Waals surface area contributed by atoms with Gasteiger partial charge < -0.3 is 25.4 Å². The Kier molecular flexibility index (Phi) is 6.94. The molecule has 3 aromatic rings. The summed E-state index contributed by atoms with van der Waals surface area (Å²) in [5.41, 5.74) is 2.27. The van der Waals surface area contributed by atoms with E-state index in [0.29, 0.717) is 17.5 Å². The lowest BCUT2D eigenvalue weighted by molar-refractivity contribution is -0.137. The lowest BCUT2D eigenvalue weighted by atomic mass is 9.98. The van der Waals surface area contributed by atoms with Gasteiger partial charge in [-0.3, -0.25) is 9.59 Å². The van der Waals surface area contributed by atoms with Crippen LogP contribution in [0.1, 0.15) is 34.7 Å². The van der Waals surface area contributed by atoms with Crippen molar-refractivity contribution < 1.29 is 19.8 Å². The van der Waals surface area contributed by atoms with Crippen LogP contribution in [0.5, 0.6) is 5.75 Å². The number of rotatable bonds is 7. The fraction of sp³-hybridized carbons (Fsp3) is 0.208. The third kappa shape index (κ3) is 5.54. The summed E-state index contributed by atoms with van der Waals surface area (Å²) in [7, 11) is 1.50. The van der Waals surface area contributed by atoms with Crippen molar-refractivity contribution in [3.05, 3.63) is 93.4 Å². The summed E-state index contributed by atoms with van der Waals surface area (Å²) in [6.07, 6.45) is 1.76. The minimum atomic E-state index is -1.09. The Bertz CT molecular complexity index is 1190. The van der Waals surface area contributed by atoms with Gasteiger partial charge in [0.1, 0.15) is 5.75 Å². The van der Waals surface area contributed by atoms with E-state index in [1.807, 2.05) is 48.5 Å². The van der Waals surface area contributed by atoms with Crippen LogP contribution in [0, 0.1) is 6.92 Å². The fourth-order valence-corrected chi connectivity index (χ4v) is 3.48. The highest BCUT2D eigenvalue weighted by molar-refractivity contribution is 5.91. The monoisotopic (exact) mass is 435 g/mol. The van der Waals surface area contributed by atoms with Crippen LogP contribution in [-0.4, -0.2) is 26.8 Å². The molecule has 0 radical (unpaired) electrons. The average molecular weight is 435 g/mol. The molecular formula is C24H25N3O5. The molecule has 1 heterocycles. The van der Waals surface area contributed by atoms with Gasteiger partial charge in [-0.15, -0.1) is 0 Å². The summed E-state index contributed by atoms with van der Waals surface area (Å²) in [5, 5.41) is 24.5.